The maximum absolute atomic E-state index is 12.1. The molecule has 156 valence electrons. The molecule has 3 N–H and O–H groups in total. The van der Waals surface area contributed by atoms with Crippen molar-refractivity contribution in [3.8, 4) is 23.2 Å². The van der Waals surface area contributed by atoms with E-state index in [1.54, 1.807) is 26.0 Å². The Hall–Kier alpha value is -4.02. The first-order valence-corrected chi connectivity index (χ1v) is 8.90. The van der Waals surface area contributed by atoms with E-state index in [2.05, 4.69) is 15.1 Å². The number of hydrogen-bond acceptors (Lipinski definition) is 8. The maximum Gasteiger partial charge on any atom is 0.362 e. The number of H-pyrrole nitrogens is 1. The lowest BCUT2D eigenvalue weighted by Crippen LogP contribution is -2.35. The molecule has 11 heteroatoms. The van der Waals surface area contributed by atoms with Crippen LogP contribution in [0, 0.1) is 13.8 Å². The minimum atomic E-state index is -1.55. The molecule has 2 aromatic heterocycles. The van der Waals surface area contributed by atoms with Crippen molar-refractivity contribution in [1.29, 1.82) is 0 Å². The molecular weight excluding hydrogens is 394 g/mol. The highest BCUT2D eigenvalue weighted by Gasteiger charge is 2.17. The summed E-state index contributed by atoms with van der Waals surface area (Å²) in [7, 11) is 0. The molecule has 0 aliphatic heterocycles. The number of benzene rings is 1. The summed E-state index contributed by atoms with van der Waals surface area (Å²) in [6, 6.07) is 3.14. The summed E-state index contributed by atoms with van der Waals surface area (Å²) in [5.41, 5.74) is -0.894. The van der Waals surface area contributed by atoms with Gasteiger partial charge in [0, 0.05) is 0 Å². The molecule has 0 fully saturated rings. The quantitative estimate of drug-likeness (QED) is 0.565. The number of aromatic amines is 1. The number of nitrogens with one attached hydrogen (secondary N) is 1. The molecule has 11 nitrogen and oxygen atoms in total. The number of ether oxygens (including phenoxy) is 1. The lowest BCUT2D eigenvalue weighted by atomic mass is 10.1. The number of rotatable bonds is 5. The summed E-state index contributed by atoms with van der Waals surface area (Å²) in [4.78, 5) is 45.0. The topological polar surface area (TPSA) is 160 Å². The molecule has 30 heavy (non-hydrogen) atoms. The molecule has 3 rings (SSSR count). The van der Waals surface area contributed by atoms with E-state index in [-0.39, 0.29) is 23.4 Å². The summed E-state index contributed by atoms with van der Waals surface area (Å²) in [6.07, 6.45) is 1.26. The van der Waals surface area contributed by atoms with Crippen molar-refractivity contribution in [2.45, 2.75) is 33.6 Å². The third-order valence-corrected chi connectivity index (χ3v) is 4.24. The molecule has 0 aliphatic carbocycles. The lowest BCUT2D eigenvalue weighted by Gasteiger charge is -2.14. The number of carboxylic acid groups (broad SMARTS) is 1. The van der Waals surface area contributed by atoms with Crippen molar-refractivity contribution in [2.24, 2.45) is 0 Å². The number of aromatic hydroxyl groups is 1. The molecule has 0 amide bonds. The molecule has 0 bridgehead atoms. The number of aromatic nitrogens is 5. The van der Waals surface area contributed by atoms with E-state index < -0.39 is 22.9 Å². The lowest BCUT2D eigenvalue weighted by molar-refractivity contribution is 0.0685. The average molecular weight is 413 g/mol. The minimum absolute atomic E-state index is 0.0288. The third-order valence-electron chi connectivity index (χ3n) is 4.24. The Morgan fingerprint density at radius 3 is 2.40 bits per heavy atom. The van der Waals surface area contributed by atoms with Crippen LogP contribution in [0.3, 0.4) is 0 Å². The van der Waals surface area contributed by atoms with E-state index in [1.807, 2.05) is 18.8 Å². The summed E-state index contributed by atoms with van der Waals surface area (Å²) in [5.74, 6) is -1.20. The van der Waals surface area contributed by atoms with Crippen molar-refractivity contribution in [2.75, 3.05) is 0 Å². The van der Waals surface area contributed by atoms with Gasteiger partial charge in [0.1, 0.15) is 5.75 Å². The molecule has 0 atom stereocenters. The normalized spacial score (nSPS) is 11.0. The second kappa shape index (κ2) is 7.78. The smallest absolute Gasteiger partial charge is 0.362 e. The predicted octanol–water partition coefficient (Wildman–Crippen LogP) is 1.65. The fraction of sp³-hybridized carbons (Fsp3) is 0.263. The van der Waals surface area contributed by atoms with Gasteiger partial charge in [-0.1, -0.05) is 13.8 Å². The molecule has 3 aromatic rings. The monoisotopic (exact) mass is 413 g/mol. The van der Waals surface area contributed by atoms with Crippen molar-refractivity contribution >= 4 is 5.97 Å². The zero-order chi connectivity index (χ0) is 22.2. The van der Waals surface area contributed by atoms with Gasteiger partial charge in [-0.2, -0.15) is 19.7 Å². The van der Waals surface area contributed by atoms with Crippen molar-refractivity contribution in [1.82, 2.24) is 24.7 Å². The largest absolute Gasteiger partial charge is 0.504 e. The zero-order valence-corrected chi connectivity index (χ0v) is 16.6. The molecule has 2 heterocycles. The van der Waals surface area contributed by atoms with Gasteiger partial charge in [0.25, 0.3) is 5.56 Å². The summed E-state index contributed by atoms with van der Waals surface area (Å²) in [5, 5.41) is 22.6. The maximum atomic E-state index is 12.1. The van der Waals surface area contributed by atoms with E-state index in [9.17, 15) is 19.5 Å². The van der Waals surface area contributed by atoms with E-state index in [0.29, 0.717) is 22.6 Å². The highest BCUT2D eigenvalue weighted by molar-refractivity contribution is 5.84. The Balaban J connectivity index is 2.05. The first-order chi connectivity index (χ1) is 14.1. The summed E-state index contributed by atoms with van der Waals surface area (Å²) < 4.78 is 6.59. The van der Waals surface area contributed by atoms with E-state index in [4.69, 9.17) is 9.84 Å². The molecule has 0 aliphatic rings. The Kier molecular flexibility index (Phi) is 5.37. The second-order valence-corrected chi connectivity index (χ2v) is 6.91. The molecule has 0 radical (unpaired) electrons. The zero-order valence-electron chi connectivity index (χ0n) is 16.6. The van der Waals surface area contributed by atoms with Crippen LogP contribution in [0.1, 0.15) is 47.1 Å². The van der Waals surface area contributed by atoms with Gasteiger partial charge in [-0.05, 0) is 43.0 Å². The molecule has 0 saturated heterocycles. The van der Waals surface area contributed by atoms with Crippen LogP contribution in [0.25, 0.3) is 5.69 Å². The molecule has 0 unspecified atom stereocenters. The van der Waals surface area contributed by atoms with Gasteiger partial charge in [-0.25, -0.2) is 9.59 Å². The number of aromatic carboxylic acids is 1. The van der Waals surface area contributed by atoms with E-state index >= 15 is 0 Å². The van der Waals surface area contributed by atoms with Crippen molar-refractivity contribution in [3.05, 3.63) is 61.7 Å². The number of aryl methyl sites for hydroxylation is 2. The van der Waals surface area contributed by atoms with Crippen LogP contribution >= 0.6 is 0 Å². The van der Waals surface area contributed by atoms with Gasteiger partial charge in [0.2, 0.25) is 5.69 Å². The Bertz CT molecular complexity index is 1240. The van der Waals surface area contributed by atoms with E-state index in [0.717, 1.165) is 4.68 Å². The van der Waals surface area contributed by atoms with Crippen LogP contribution in [0.4, 0.5) is 0 Å². The van der Waals surface area contributed by atoms with Crippen LogP contribution in [-0.2, 0) is 0 Å². The van der Waals surface area contributed by atoms with Gasteiger partial charge < -0.3 is 14.9 Å². The van der Waals surface area contributed by atoms with Crippen LogP contribution in [-0.4, -0.2) is 40.9 Å². The number of carbonyl (C=O) groups is 1. The van der Waals surface area contributed by atoms with Gasteiger partial charge in [0.05, 0.1) is 17.6 Å². The second-order valence-electron chi connectivity index (χ2n) is 6.91. The SMILES string of the molecule is Cc1cc(-n2nc(C(=O)O)c(=O)[nH]c2=O)cc(C)c1Oc1ncc(O)c(C(C)C)n1. The fourth-order valence-corrected chi connectivity index (χ4v) is 2.86. The predicted molar refractivity (Wildman–Crippen MR) is 105 cm³/mol. The van der Waals surface area contributed by atoms with Crippen LogP contribution < -0.4 is 16.0 Å². The Morgan fingerprint density at radius 1 is 1.20 bits per heavy atom. The molecule has 1 aromatic carbocycles. The number of carboxylic acids is 1. The highest BCUT2D eigenvalue weighted by atomic mass is 16.5. The molecular formula is C19H19N5O6. The van der Waals surface area contributed by atoms with Crippen molar-refractivity contribution < 1.29 is 19.7 Å². The standard InChI is InChI=1S/C19H19N5O6/c1-8(2)13-12(25)7-20-18(21-13)30-15-9(3)5-11(6-10(15)4)24-19(29)22-16(26)14(23-24)17(27)28/h5-8,25H,1-4H3,(H,27,28)(H,22,26,29). The van der Waals surface area contributed by atoms with Crippen LogP contribution in [0.5, 0.6) is 17.5 Å². The van der Waals surface area contributed by atoms with Gasteiger partial charge in [-0.15, -0.1) is 0 Å². The van der Waals surface area contributed by atoms with Crippen LogP contribution in [0.2, 0.25) is 0 Å². The number of nitrogens with zero attached hydrogens (tertiary/aromatic N) is 4. The third kappa shape index (κ3) is 3.90. The highest BCUT2D eigenvalue weighted by Crippen LogP contribution is 2.31. The number of hydrogen-bond donors (Lipinski definition) is 3. The average Bonchev–Trinajstić information content (AvgIpc) is 2.65. The first-order valence-electron chi connectivity index (χ1n) is 8.90. The van der Waals surface area contributed by atoms with Gasteiger partial charge in [-0.3, -0.25) is 9.78 Å². The Morgan fingerprint density at radius 2 is 1.83 bits per heavy atom. The first kappa shape index (κ1) is 20.7. The van der Waals surface area contributed by atoms with Crippen molar-refractivity contribution in [3.63, 3.8) is 0 Å². The van der Waals surface area contributed by atoms with Gasteiger partial charge >= 0.3 is 17.7 Å². The summed E-state index contributed by atoms with van der Waals surface area (Å²) >= 11 is 0. The fourth-order valence-electron chi connectivity index (χ4n) is 2.86. The Labute approximate surface area is 169 Å². The van der Waals surface area contributed by atoms with E-state index in [1.165, 1.54) is 6.20 Å². The van der Waals surface area contributed by atoms with Gasteiger partial charge in [0.15, 0.2) is 5.75 Å². The summed E-state index contributed by atoms with van der Waals surface area (Å²) in [6.45, 7) is 7.17. The van der Waals surface area contributed by atoms with Crippen LogP contribution in [0.15, 0.2) is 27.9 Å². The molecule has 0 saturated carbocycles. The minimum Gasteiger partial charge on any atom is -0.504 e. The molecule has 0 spiro atoms.